The molecule has 0 aromatic rings. The molecule has 0 amide bonds. The van der Waals surface area contributed by atoms with E-state index in [1.807, 2.05) is 20.8 Å². The van der Waals surface area contributed by atoms with E-state index < -0.39 is 0 Å². The van der Waals surface area contributed by atoms with Gasteiger partial charge in [-0.2, -0.15) is 0 Å². The van der Waals surface area contributed by atoms with E-state index in [-0.39, 0.29) is 28.7 Å². The Bertz CT molecular complexity index is 494. The quantitative estimate of drug-likeness (QED) is 0.324. The molecule has 0 radical (unpaired) electrons. The molecule has 0 spiro atoms. The van der Waals surface area contributed by atoms with Crippen molar-refractivity contribution in [3.63, 3.8) is 0 Å². The van der Waals surface area contributed by atoms with Crippen LogP contribution in [0, 0.1) is 22.7 Å². The SMILES string of the molecule is CC.CCC(CC(C)=O)C(C)(C)C.CCC(CC(C)=O)OC(=O)CC(CC)C(C)(C)C. The number of carbonyl (C=O) groups is 3. The maximum atomic E-state index is 11.9. The molecule has 0 aliphatic heterocycles. The van der Waals surface area contributed by atoms with Gasteiger partial charge in [-0.1, -0.05) is 89.0 Å². The second kappa shape index (κ2) is 17.4. The van der Waals surface area contributed by atoms with Gasteiger partial charge in [0, 0.05) is 19.3 Å². The summed E-state index contributed by atoms with van der Waals surface area (Å²) < 4.78 is 5.38. The molecule has 0 bridgehead atoms. The predicted octanol–water partition coefficient (Wildman–Crippen LogP) is 7.81. The van der Waals surface area contributed by atoms with Crippen LogP contribution in [0.15, 0.2) is 0 Å². The number of ketones is 2. The first-order valence-corrected chi connectivity index (χ1v) is 12.3. The summed E-state index contributed by atoms with van der Waals surface area (Å²) in [6, 6.07) is 0. The van der Waals surface area contributed by atoms with E-state index in [9.17, 15) is 14.4 Å². The Morgan fingerprint density at radius 2 is 1.00 bits per heavy atom. The zero-order valence-electron chi connectivity index (χ0n) is 23.1. The lowest BCUT2D eigenvalue weighted by atomic mass is 9.76. The van der Waals surface area contributed by atoms with Crippen LogP contribution in [0.1, 0.15) is 129 Å². The summed E-state index contributed by atoms with van der Waals surface area (Å²) in [6.45, 7) is 26.4. The maximum absolute atomic E-state index is 11.9. The van der Waals surface area contributed by atoms with Crippen LogP contribution in [0.5, 0.6) is 0 Å². The van der Waals surface area contributed by atoms with Crippen molar-refractivity contribution in [2.24, 2.45) is 22.7 Å². The van der Waals surface area contributed by atoms with Crippen LogP contribution in [0.4, 0.5) is 0 Å². The monoisotopic (exact) mass is 442 g/mol. The minimum Gasteiger partial charge on any atom is -0.462 e. The number of carbonyl (C=O) groups excluding carboxylic acids is 3. The Morgan fingerprint density at radius 3 is 1.23 bits per heavy atom. The standard InChI is InChI=1S/C15H28O3.C10H20O.C2H6/c1-7-12(15(4,5)6)10-14(17)18-13(8-2)9-11(3)16;1-6-9(7-8(2)11)10(3,4)5;1-2/h12-13H,7-10H2,1-6H3;9H,6-7H2,1-5H3;1-2H3. The third-order valence-electron chi connectivity index (χ3n) is 5.65. The van der Waals surface area contributed by atoms with Crippen molar-refractivity contribution in [3.8, 4) is 0 Å². The third kappa shape index (κ3) is 19.2. The maximum Gasteiger partial charge on any atom is 0.306 e. The fourth-order valence-corrected chi connectivity index (χ4v) is 3.50. The van der Waals surface area contributed by atoms with Gasteiger partial charge in [-0.3, -0.25) is 9.59 Å². The average molecular weight is 443 g/mol. The lowest BCUT2D eigenvalue weighted by Gasteiger charge is -2.29. The molecule has 4 heteroatoms. The Kier molecular flexibility index (Phi) is 19.3. The number of ether oxygens (including phenoxy) is 1. The number of hydrogen-bond donors (Lipinski definition) is 0. The van der Waals surface area contributed by atoms with E-state index >= 15 is 0 Å². The molecule has 0 aromatic heterocycles. The van der Waals surface area contributed by atoms with Crippen molar-refractivity contribution in [2.45, 2.75) is 135 Å². The van der Waals surface area contributed by atoms with Crippen molar-refractivity contribution in [1.29, 1.82) is 0 Å². The number of rotatable bonds is 10. The topological polar surface area (TPSA) is 60.4 Å². The average Bonchev–Trinajstić information content (AvgIpc) is 2.63. The Balaban J connectivity index is -0.000000516. The van der Waals surface area contributed by atoms with Gasteiger partial charge in [-0.05, 0) is 42.9 Å². The number of hydrogen-bond acceptors (Lipinski definition) is 4. The van der Waals surface area contributed by atoms with Crippen molar-refractivity contribution in [2.75, 3.05) is 0 Å². The molecule has 0 fully saturated rings. The largest absolute Gasteiger partial charge is 0.462 e. The molecular formula is C27H54O4. The van der Waals surface area contributed by atoms with Gasteiger partial charge in [0.15, 0.2) is 0 Å². The van der Waals surface area contributed by atoms with Crippen LogP contribution >= 0.6 is 0 Å². The summed E-state index contributed by atoms with van der Waals surface area (Å²) in [7, 11) is 0. The fraction of sp³-hybridized carbons (Fsp3) is 0.889. The molecule has 0 aliphatic rings. The Labute approximate surface area is 194 Å². The summed E-state index contributed by atoms with van der Waals surface area (Å²) in [6.07, 6.45) is 4.00. The van der Waals surface area contributed by atoms with Gasteiger partial charge < -0.3 is 9.53 Å². The molecule has 0 rings (SSSR count). The van der Waals surface area contributed by atoms with Crippen LogP contribution in [0.25, 0.3) is 0 Å². The van der Waals surface area contributed by atoms with Crippen LogP contribution < -0.4 is 0 Å². The fourth-order valence-electron chi connectivity index (χ4n) is 3.50. The van der Waals surface area contributed by atoms with Gasteiger partial charge in [-0.25, -0.2) is 0 Å². The van der Waals surface area contributed by atoms with E-state index in [1.165, 1.54) is 6.92 Å². The molecule has 0 saturated heterocycles. The second-order valence-electron chi connectivity index (χ2n) is 10.5. The highest BCUT2D eigenvalue weighted by atomic mass is 16.5. The third-order valence-corrected chi connectivity index (χ3v) is 5.65. The summed E-state index contributed by atoms with van der Waals surface area (Å²) in [4.78, 5) is 33.8. The van der Waals surface area contributed by atoms with E-state index in [4.69, 9.17) is 4.74 Å². The zero-order valence-corrected chi connectivity index (χ0v) is 23.1. The van der Waals surface area contributed by atoms with Gasteiger partial charge in [0.2, 0.25) is 0 Å². The van der Waals surface area contributed by atoms with Crippen molar-refractivity contribution in [1.82, 2.24) is 0 Å². The highest BCUT2D eigenvalue weighted by Crippen LogP contribution is 2.32. The van der Waals surface area contributed by atoms with E-state index in [1.54, 1.807) is 6.92 Å². The zero-order chi connectivity index (χ0) is 25.4. The smallest absolute Gasteiger partial charge is 0.306 e. The first-order chi connectivity index (χ1) is 14.1. The van der Waals surface area contributed by atoms with E-state index in [0.29, 0.717) is 36.9 Å². The molecule has 0 saturated carbocycles. The summed E-state index contributed by atoms with van der Waals surface area (Å²) >= 11 is 0. The van der Waals surface area contributed by atoms with E-state index in [0.717, 1.165) is 19.3 Å². The van der Waals surface area contributed by atoms with Crippen LogP contribution in [0.3, 0.4) is 0 Å². The predicted molar refractivity (Wildman–Crippen MR) is 133 cm³/mol. The molecule has 186 valence electrons. The molecule has 3 unspecified atom stereocenters. The summed E-state index contributed by atoms with van der Waals surface area (Å²) in [5.41, 5.74) is 0.385. The first kappa shape index (κ1) is 34.4. The van der Waals surface area contributed by atoms with Gasteiger partial charge >= 0.3 is 5.97 Å². The molecule has 0 aromatic carbocycles. The van der Waals surface area contributed by atoms with Crippen LogP contribution in [0.2, 0.25) is 0 Å². The molecule has 0 heterocycles. The van der Waals surface area contributed by atoms with Gasteiger partial charge in [0.25, 0.3) is 0 Å². The normalized spacial score (nSPS) is 14.1. The molecule has 0 N–H and O–H groups in total. The minimum atomic E-state index is -0.257. The van der Waals surface area contributed by atoms with Gasteiger partial charge in [-0.15, -0.1) is 0 Å². The lowest BCUT2D eigenvalue weighted by molar-refractivity contribution is -0.152. The molecule has 4 nitrogen and oxygen atoms in total. The van der Waals surface area contributed by atoms with Gasteiger partial charge in [0.1, 0.15) is 17.7 Å². The van der Waals surface area contributed by atoms with Crippen molar-refractivity contribution >= 4 is 17.5 Å². The highest BCUT2D eigenvalue weighted by Gasteiger charge is 2.27. The Morgan fingerprint density at radius 1 is 0.645 bits per heavy atom. The highest BCUT2D eigenvalue weighted by molar-refractivity contribution is 5.77. The minimum absolute atomic E-state index is 0.0671. The number of esters is 1. The van der Waals surface area contributed by atoms with Crippen molar-refractivity contribution in [3.05, 3.63) is 0 Å². The molecule has 0 aliphatic carbocycles. The summed E-state index contributed by atoms with van der Waals surface area (Å²) in [5, 5.41) is 0. The van der Waals surface area contributed by atoms with E-state index in [2.05, 4.69) is 55.4 Å². The second-order valence-corrected chi connectivity index (χ2v) is 10.5. The Hall–Kier alpha value is -1.19. The number of Topliss-reactive ketones (excluding diaryl/α,β-unsaturated/α-hetero) is 2. The lowest BCUT2D eigenvalue weighted by Crippen LogP contribution is -2.26. The van der Waals surface area contributed by atoms with Crippen LogP contribution in [-0.2, 0) is 19.1 Å². The molecular weight excluding hydrogens is 388 g/mol. The molecule has 3 atom stereocenters. The van der Waals surface area contributed by atoms with Gasteiger partial charge in [0.05, 0.1) is 0 Å². The van der Waals surface area contributed by atoms with Crippen molar-refractivity contribution < 1.29 is 19.1 Å². The summed E-state index contributed by atoms with van der Waals surface area (Å²) in [5.74, 6) is 1.06. The first-order valence-electron chi connectivity index (χ1n) is 12.3. The molecule has 31 heavy (non-hydrogen) atoms. The van der Waals surface area contributed by atoms with Crippen LogP contribution in [-0.4, -0.2) is 23.6 Å².